The molecule has 3 aromatic rings. The van der Waals surface area contributed by atoms with Gasteiger partial charge in [0.15, 0.2) is 0 Å². The number of carboxylic acid groups (broad SMARTS) is 1. The van der Waals surface area contributed by atoms with Crippen molar-refractivity contribution in [1.29, 1.82) is 0 Å². The lowest BCUT2D eigenvalue weighted by Crippen LogP contribution is -1.99. The Morgan fingerprint density at radius 3 is 2.52 bits per heavy atom. The number of carboxylic acids is 1. The van der Waals surface area contributed by atoms with Gasteiger partial charge in [-0.15, -0.1) is 0 Å². The number of hydrogen-bond acceptors (Lipinski definition) is 6. The number of carbonyl (C=O) groups is 1. The summed E-state index contributed by atoms with van der Waals surface area (Å²) in [6.45, 7) is 0. The predicted molar refractivity (Wildman–Crippen MR) is 75.4 cm³/mol. The molecule has 116 valence electrons. The van der Waals surface area contributed by atoms with Crippen molar-refractivity contribution in [2.45, 2.75) is 0 Å². The molecular weight excluding hydrogens is 307 g/mol. The summed E-state index contributed by atoms with van der Waals surface area (Å²) < 4.78 is 18.7. The van der Waals surface area contributed by atoms with Crippen molar-refractivity contribution < 1.29 is 29.0 Å². The van der Waals surface area contributed by atoms with Crippen LogP contribution >= 0.6 is 0 Å². The van der Waals surface area contributed by atoms with E-state index in [4.69, 9.17) is 9.63 Å². The molecule has 1 aromatic heterocycles. The first kappa shape index (κ1) is 14.5. The summed E-state index contributed by atoms with van der Waals surface area (Å²) in [5.41, 5.74) is -0.672. The van der Waals surface area contributed by atoms with E-state index >= 15 is 0 Å². The van der Waals surface area contributed by atoms with Crippen molar-refractivity contribution in [3.05, 3.63) is 47.8 Å². The number of phenols is 2. The minimum Gasteiger partial charge on any atom is -0.507 e. The molecule has 7 nitrogen and oxygen atoms in total. The summed E-state index contributed by atoms with van der Waals surface area (Å²) in [6, 6.07) is 8.06. The first-order valence-corrected chi connectivity index (χ1v) is 6.36. The third-order valence-corrected chi connectivity index (χ3v) is 3.14. The highest BCUT2D eigenvalue weighted by molar-refractivity contribution is 5.96. The van der Waals surface area contributed by atoms with Crippen LogP contribution in [0.3, 0.4) is 0 Å². The van der Waals surface area contributed by atoms with Gasteiger partial charge in [0, 0.05) is 0 Å². The first-order valence-electron chi connectivity index (χ1n) is 6.36. The van der Waals surface area contributed by atoms with Crippen LogP contribution in [0.5, 0.6) is 11.5 Å². The van der Waals surface area contributed by atoms with Gasteiger partial charge in [0.2, 0.25) is 5.82 Å². The minimum absolute atomic E-state index is 0.0634. The van der Waals surface area contributed by atoms with Crippen molar-refractivity contribution in [2.24, 2.45) is 0 Å². The summed E-state index contributed by atoms with van der Waals surface area (Å²) >= 11 is 0. The summed E-state index contributed by atoms with van der Waals surface area (Å²) in [5, 5.41) is 32.1. The maximum Gasteiger partial charge on any atom is 0.343 e. The maximum absolute atomic E-state index is 13.7. The van der Waals surface area contributed by atoms with E-state index < -0.39 is 28.8 Å². The van der Waals surface area contributed by atoms with Gasteiger partial charge in [-0.25, -0.2) is 9.18 Å². The lowest BCUT2D eigenvalue weighted by Gasteiger charge is -2.05. The molecule has 0 spiro atoms. The molecule has 1 heterocycles. The second kappa shape index (κ2) is 5.41. The van der Waals surface area contributed by atoms with Crippen molar-refractivity contribution in [1.82, 2.24) is 10.1 Å². The van der Waals surface area contributed by atoms with E-state index in [0.717, 1.165) is 6.07 Å². The Hall–Kier alpha value is -3.42. The Bertz CT molecular complexity index is 907. The molecular formula is C15H9FN2O5. The Morgan fingerprint density at radius 2 is 1.83 bits per heavy atom. The van der Waals surface area contributed by atoms with E-state index in [0.29, 0.717) is 0 Å². The normalized spacial score (nSPS) is 10.7. The largest absolute Gasteiger partial charge is 0.507 e. The van der Waals surface area contributed by atoms with Crippen molar-refractivity contribution >= 4 is 5.97 Å². The smallest absolute Gasteiger partial charge is 0.343 e. The fourth-order valence-electron chi connectivity index (χ4n) is 2.05. The average molecular weight is 316 g/mol. The second-order valence-electron chi connectivity index (χ2n) is 4.56. The molecule has 0 fully saturated rings. The van der Waals surface area contributed by atoms with E-state index in [1.165, 1.54) is 24.3 Å². The molecule has 0 radical (unpaired) electrons. The lowest BCUT2D eigenvalue weighted by molar-refractivity contribution is 0.0690. The fourth-order valence-corrected chi connectivity index (χ4v) is 2.05. The third kappa shape index (κ3) is 2.46. The molecule has 23 heavy (non-hydrogen) atoms. The number of benzene rings is 2. The van der Waals surface area contributed by atoms with E-state index in [-0.39, 0.29) is 22.8 Å². The van der Waals surface area contributed by atoms with Crippen LogP contribution in [0.1, 0.15) is 10.4 Å². The van der Waals surface area contributed by atoms with Gasteiger partial charge in [0.25, 0.3) is 5.89 Å². The highest BCUT2D eigenvalue weighted by Crippen LogP contribution is 2.36. The molecule has 0 bridgehead atoms. The number of aromatic nitrogens is 2. The van der Waals surface area contributed by atoms with Crippen LogP contribution in [-0.2, 0) is 0 Å². The molecule has 0 atom stereocenters. The lowest BCUT2D eigenvalue weighted by atomic mass is 10.1. The molecule has 0 saturated heterocycles. The van der Waals surface area contributed by atoms with Gasteiger partial charge in [0.1, 0.15) is 22.9 Å². The standard InChI is InChI=1S/C15H9FN2O5/c16-9-4-2-1-3-7(9)14-17-13(18-23-14)8-5-6-10(19)11(12(8)20)15(21)22/h1-6,19-20H,(H,21,22). The molecule has 3 rings (SSSR count). The van der Waals surface area contributed by atoms with Crippen LogP contribution in [0.4, 0.5) is 4.39 Å². The molecule has 0 saturated carbocycles. The summed E-state index contributed by atoms with van der Waals surface area (Å²) in [6.07, 6.45) is 0. The van der Waals surface area contributed by atoms with Crippen LogP contribution < -0.4 is 0 Å². The van der Waals surface area contributed by atoms with Crippen LogP contribution in [0.15, 0.2) is 40.9 Å². The fraction of sp³-hybridized carbons (Fsp3) is 0. The molecule has 3 N–H and O–H groups in total. The number of rotatable bonds is 3. The second-order valence-corrected chi connectivity index (χ2v) is 4.56. The molecule has 0 amide bonds. The maximum atomic E-state index is 13.7. The van der Waals surface area contributed by atoms with E-state index in [1.807, 2.05) is 0 Å². The van der Waals surface area contributed by atoms with Crippen molar-refractivity contribution in [2.75, 3.05) is 0 Å². The van der Waals surface area contributed by atoms with Gasteiger partial charge in [-0.1, -0.05) is 17.3 Å². The van der Waals surface area contributed by atoms with Crippen LogP contribution in [0, 0.1) is 5.82 Å². The molecule has 0 aliphatic carbocycles. The van der Waals surface area contributed by atoms with Gasteiger partial charge in [0.05, 0.1) is 11.1 Å². The predicted octanol–water partition coefficient (Wildman–Crippen LogP) is 2.65. The third-order valence-electron chi connectivity index (χ3n) is 3.14. The van der Waals surface area contributed by atoms with E-state index in [1.54, 1.807) is 6.07 Å². The Labute approximate surface area is 128 Å². The SMILES string of the molecule is O=C(O)c1c(O)ccc(-c2noc(-c3ccccc3F)n2)c1O. The molecule has 2 aromatic carbocycles. The van der Waals surface area contributed by atoms with E-state index in [9.17, 15) is 19.4 Å². The van der Waals surface area contributed by atoms with Crippen LogP contribution in [-0.4, -0.2) is 31.4 Å². The van der Waals surface area contributed by atoms with Crippen LogP contribution in [0.25, 0.3) is 22.8 Å². The Morgan fingerprint density at radius 1 is 1.09 bits per heavy atom. The van der Waals surface area contributed by atoms with Gasteiger partial charge >= 0.3 is 5.97 Å². The number of nitrogens with zero attached hydrogens (tertiary/aromatic N) is 2. The molecule has 0 unspecified atom stereocenters. The molecule has 8 heteroatoms. The summed E-state index contributed by atoms with van der Waals surface area (Å²) in [4.78, 5) is 15.0. The minimum atomic E-state index is -1.51. The quantitative estimate of drug-likeness (QED) is 0.680. The number of hydrogen-bond donors (Lipinski definition) is 3. The summed E-state index contributed by atoms with van der Waals surface area (Å²) in [7, 11) is 0. The average Bonchev–Trinajstić information content (AvgIpc) is 2.97. The zero-order chi connectivity index (χ0) is 16.6. The number of halogens is 1. The molecule has 0 aliphatic rings. The van der Waals surface area contributed by atoms with Gasteiger partial charge in [-0.2, -0.15) is 4.98 Å². The number of aromatic carboxylic acids is 1. The highest BCUT2D eigenvalue weighted by Gasteiger charge is 2.23. The zero-order valence-electron chi connectivity index (χ0n) is 11.4. The van der Waals surface area contributed by atoms with Crippen molar-refractivity contribution in [3.8, 4) is 34.3 Å². The van der Waals surface area contributed by atoms with Crippen molar-refractivity contribution in [3.63, 3.8) is 0 Å². The highest BCUT2D eigenvalue weighted by atomic mass is 19.1. The summed E-state index contributed by atoms with van der Waals surface area (Å²) in [5.74, 6) is -3.65. The Balaban J connectivity index is 2.10. The monoisotopic (exact) mass is 316 g/mol. The first-order chi connectivity index (χ1) is 11.0. The van der Waals surface area contributed by atoms with Crippen LogP contribution in [0.2, 0.25) is 0 Å². The number of aromatic hydroxyl groups is 2. The molecule has 0 aliphatic heterocycles. The van der Waals surface area contributed by atoms with Gasteiger partial charge in [-0.05, 0) is 24.3 Å². The topological polar surface area (TPSA) is 117 Å². The van der Waals surface area contributed by atoms with Gasteiger partial charge in [-0.3, -0.25) is 0 Å². The van der Waals surface area contributed by atoms with E-state index in [2.05, 4.69) is 10.1 Å². The zero-order valence-corrected chi connectivity index (χ0v) is 11.4. The Kier molecular flexibility index (Phi) is 3.41. The van der Waals surface area contributed by atoms with Gasteiger partial charge < -0.3 is 19.8 Å².